The molecule has 128 valence electrons. The van der Waals surface area contributed by atoms with E-state index in [-0.39, 0.29) is 12.0 Å². The van der Waals surface area contributed by atoms with Crippen LogP contribution in [-0.4, -0.2) is 37.4 Å². The first kappa shape index (κ1) is 17.6. The fourth-order valence-corrected chi connectivity index (χ4v) is 2.47. The number of anilines is 2. The molecule has 4 nitrogen and oxygen atoms in total. The number of carbonyl (C=O) groups excluding carboxylic acids is 1. The van der Waals surface area contributed by atoms with Crippen molar-refractivity contribution in [3.8, 4) is 0 Å². The first-order valence-corrected chi connectivity index (χ1v) is 7.54. The number of ether oxygens (including phenoxy) is 1. The number of hydrogen-bond donors (Lipinski definition) is 1. The SMILES string of the molecule is CC(C)[C@@H]1CN(C(=O)[C@H](C)OCC(F)(F)F)c2ccccc2N1. The van der Waals surface area contributed by atoms with E-state index >= 15 is 0 Å². The summed E-state index contributed by atoms with van der Waals surface area (Å²) in [6.45, 7) is 4.37. The Hall–Kier alpha value is -1.76. The van der Waals surface area contributed by atoms with Crippen LogP contribution in [0.1, 0.15) is 20.8 Å². The molecular formula is C16H21F3N2O2. The summed E-state index contributed by atoms with van der Waals surface area (Å²) in [5.41, 5.74) is 1.46. The Morgan fingerprint density at radius 1 is 1.35 bits per heavy atom. The normalized spacial score (nSPS) is 19.3. The van der Waals surface area contributed by atoms with Crippen LogP contribution in [0.3, 0.4) is 0 Å². The number of rotatable bonds is 4. The third kappa shape index (κ3) is 4.37. The van der Waals surface area contributed by atoms with Gasteiger partial charge in [0.15, 0.2) is 0 Å². The highest BCUT2D eigenvalue weighted by Crippen LogP contribution is 2.33. The van der Waals surface area contributed by atoms with Gasteiger partial charge in [-0.25, -0.2) is 0 Å². The van der Waals surface area contributed by atoms with Crippen molar-refractivity contribution >= 4 is 17.3 Å². The molecule has 2 atom stereocenters. The van der Waals surface area contributed by atoms with Crippen molar-refractivity contribution in [1.82, 2.24) is 0 Å². The molecule has 1 amide bonds. The lowest BCUT2D eigenvalue weighted by Gasteiger charge is -2.38. The summed E-state index contributed by atoms with van der Waals surface area (Å²) in [5, 5.41) is 3.36. The van der Waals surface area contributed by atoms with Crippen molar-refractivity contribution in [2.75, 3.05) is 23.4 Å². The minimum absolute atomic E-state index is 0.0312. The van der Waals surface area contributed by atoms with Crippen molar-refractivity contribution in [3.05, 3.63) is 24.3 Å². The van der Waals surface area contributed by atoms with Gasteiger partial charge in [-0.15, -0.1) is 0 Å². The minimum Gasteiger partial charge on any atom is -0.379 e. The maximum Gasteiger partial charge on any atom is 0.411 e. The monoisotopic (exact) mass is 330 g/mol. The van der Waals surface area contributed by atoms with Crippen LogP contribution < -0.4 is 10.2 Å². The van der Waals surface area contributed by atoms with Gasteiger partial charge < -0.3 is 15.0 Å². The molecule has 0 saturated carbocycles. The molecule has 0 aromatic heterocycles. The van der Waals surface area contributed by atoms with Crippen LogP contribution in [0, 0.1) is 5.92 Å². The number of benzene rings is 1. The van der Waals surface area contributed by atoms with E-state index in [1.54, 1.807) is 12.1 Å². The van der Waals surface area contributed by atoms with Crippen molar-refractivity contribution in [2.45, 2.75) is 39.1 Å². The lowest BCUT2D eigenvalue weighted by atomic mass is 9.99. The topological polar surface area (TPSA) is 41.6 Å². The van der Waals surface area contributed by atoms with Gasteiger partial charge in [0, 0.05) is 12.6 Å². The van der Waals surface area contributed by atoms with Crippen LogP contribution in [0.2, 0.25) is 0 Å². The Bertz CT molecular complexity index is 561. The van der Waals surface area contributed by atoms with Crippen LogP contribution in [0.5, 0.6) is 0 Å². The quantitative estimate of drug-likeness (QED) is 0.919. The first-order chi connectivity index (χ1) is 10.7. The van der Waals surface area contributed by atoms with E-state index in [0.29, 0.717) is 12.2 Å². The summed E-state index contributed by atoms with van der Waals surface area (Å²) in [6.07, 6.45) is -5.60. The Labute approximate surface area is 133 Å². The number of alkyl halides is 3. The number of nitrogens with one attached hydrogen (secondary N) is 1. The third-order valence-electron chi connectivity index (χ3n) is 3.83. The Balaban J connectivity index is 2.18. The number of carbonyl (C=O) groups is 1. The molecule has 0 radical (unpaired) electrons. The van der Waals surface area contributed by atoms with Crippen LogP contribution in [0.15, 0.2) is 24.3 Å². The molecule has 0 spiro atoms. The van der Waals surface area contributed by atoms with E-state index < -0.39 is 24.8 Å². The summed E-state index contributed by atoms with van der Waals surface area (Å²) >= 11 is 0. The molecule has 23 heavy (non-hydrogen) atoms. The largest absolute Gasteiger partial charge is 0.411 e. The molecule has 0 aliphatic carbocycles. The average Bonchev–Trinajstić information content (AvgIpc) is 2.50. The molecule has 0 fully saturated rings. The summed E-state index contributed by atoms with van der Waals surface area (Å²) in [4.78, 5) is 14.1. The highest BCUT2D eigenvalue weighted by atomic mass is 19.4. The minimum atomic E-state index is -4.45. The second-order valence-corrected chi connectivity index (χ2v) is 6.03. The molecule has 1 aromatic rings. The Kier molecular flexibility index (Phi) is 5.19. The van der Waals surface area contributed by atoms with E-state index in [0.717, 1.165) is 5.69 Å². The van der Waals surface area contributed by atoms with Crippen molar-refractivity contribution < 1.29 is 22.7 Å². The second kappa shape index (κ2) is 6.78. The molecule has 7 heteroatoms. The van der Waals surface area contributed by atoms with E-state index in [1.165, 1.54) is 11.8 Å². The van der Waals surface area contributed by atoms with E-state index in [2.05, 4.69) is 5.32 Å². The molecule has 0 bridgehead atoms. The van der Waals surface area contributed by atoms with Gasteiger partial charge in [-0.05, 0) is 25.0 Å². The smallest absolute Gasteiger partial charge is 0.379 e. The predicted molar refractivity (Wildman–Crippen MR) is 82.5 cm³/mol. The zero-order chi connectivity index (χ0) is 17.2. The molecular weight excluding hydrogens is 309 g/mol. The highest BCUT2D eigenvalue weighted by molar-refractivity contribution is 6.00. The molecule has 1 aromatic carbocycles. The van der Waals surface area contributed by atoms with Crippen LogP contribution in [0.4, 0.5) is 24.5 Å². The highest BCUT2D eigenvalue weighted by Gasteiger charge is 2.34. The maximum atomic E-state index is 12.6. The molecule has 0 unspecified atom stereocenters. The average molecular weight is 330 g/mol. The number of halogens is 3. The fraction of sp³-hybridized carbons (Fsp3) is 0.562. The summed E-state index contributed by atoms with van der Waals surface area (Å²) < 4.78 is 41.5. The first-order valence-electron chi connectivity index (χ1n) is 7.54. The lowest BCUT2D eigenvalue weighted by molar-refractivity contribution is -0.185. The second-order valence-electron chi connectivity index (χ2n) is 6.03. The summed E-state index contributed by atoms with van der Waals surface area (Å²) in [5.74, 6) is -0.195. The van der Waals surface area contributed by atoms with Gasteiger partial charge in [-0.2, -0.15) is 13.2 Å². The number of amides is 1. The number of para-hydroxylation sites is 2. The third-order valence-corrected chi connectivity index (χ3v) is 3.83. The van der Waals surface area contributed by atoms with E-state index in [9.17, 15) is 18.0 Å². The summed E-state index contributed by atoms with van der Waals surface area (Å²) in [6, 6.07) is 7.29. The number of nitrogens with zero attached hydrogens (tertiary/aromatic N) is 1. The van der Waals surface area contributed by atoms with Gasteiger partial charge in [0.2, 0.25) is 0 Å². The van der Waals surface area contributed by atoms with Crippen molar-refractivity contribution in [1.29, 1.82) is 0 Å². The van der Waals surface area contributed by atoms with Gasteiger partial charge in [0.05, 0.1) is 11.4 Å². The molecule has 2 rings (SSSR count). The lowest BCUT2D eigenvalue weighted by Crippen LogP contribution is -2.50. The number of hydrogen-bond acceptors (Lipinski definition) is 3. The Morgan fingerprint density at radius 2 is 2.00 bits per heavy atom. The number of fused-ring (bicyclic) bond motifs is 1. The van der Waals surface area contributed by atoms with E-state index in [1.807, 2.05) is 26.0 Å². The molecule has 1 aliphatic rings. The molecule has 1 aliphatic heterocycles. The van der Waals surface area contributed by atoms with Gasteiger partial charge in [-0.3, -0.25) is 4.79 Å². The summed E-state index contributed by atoms with van der Waals surface area (Å²) in [7, 11) is 0. The maximum absolute atomic E-state index is 12.6. The van der Waals surface area contributed by atoms with Gasteiger partial charge in [-0.1, -0.05) is 26.0 Å². The van der Waals surface area contributed by atoms with Crippen LogP contribution in [0.25, 0.3) is 0 Å². The van der Waals surface area contributed by atoms with Gasteiger partial charge in [0.25, 0.3) is 5.91 Å². The molecule has 0 saturated heterocycles. The van der Waals surface area contributed by atoms with Crippen LogP contribution in [-0.2, 0) is 9.53 Å². The van der Waals surface area contributed by atoms with Gasteiger partial charge >= 0.3 is 6.18 Å². The fourth-order valence-electron chi connectivity index (χ4n) is 2.47. The molecule has 1 heterocycles. The van der Waals surface area contributed by atoms with Gasteiger partial charge in [0.1, 0.15) is 12.7 Å². The van der Waals surface area contributed by atoms with Crippen LogP contribution >= 0.6 is 0 Å². The standard InChI is InChI=1S/C16H21F3N2O2/c1-10(2)13-8-21(14-7-5-4-6-12(14)20-13)15(22)11(3)23-9-16(17,18)19/h4-7,10-11,13,20H,8-9H2,1-3H3/t11-,13-/m0/s1. The van der Waals surface area contributed by atoms with Crippen molar-refractivity contribution in [2.24, 2.45) is 5.92 Å². The van der Waals surface area contributed by atoms with Crippen molar-refractivity contribution in [3.63, 3.8) is 0 Å². The van der Waals surface area contributed by atoms with E-state index in [4.69, 9.17) is 4.74 Å². The zero-order valence-electron chi connectivity index (χ0n) is 13.4. The Morgan fingerprint density at radius 3 is 2.61 bits per heavy atom. The zero-order valence-corrected chi connectivity index (χ0v) is 13.4. The predicted octanol–water partition coefficient (Wildman–Crippen LogP) is 3.44. The molecule has 1 N–H and O–H groups in total.